The normalized spacial score (nSPS) is 11.7. The highest BCUT2D eigenvalue weighted by molar-refractivity contribution is 8.00. The van der Waals surface area contributed by atoms with E-state index in [9.17, 15) is 8.42 Å². The fraction of sp³-hybridized carbons (Fsp3) is 0.100. The van der Waals surface area contributed by atoms with Gasteiger partial charge >= 0.3 is 0 Å². The first-order valence-corrected chi connectivity index (χ1v) is 13.5. The van der Waals surface area contributed by atoms with Gasteiger partial charge in [0.1, 0.15) is 10.8 Å². The molecule has 0 atom stereocenters. The summed E-state index contributed by atoms with van der Waals surface area (Å²) in [6.45, 7) is 0. The number of hydrogen-bond donors (Lipinski definition) is 3. The second-order valence-electron chi connectivity index (χ2n) is 6.57. The molecular weight excluding hydrogens is 457 g/mol. The third-order valence-electron chi connectivity index (χ3n) is 4.46. The van der Waals surface area contributed by atoms with Crippen molar-refractivity contribution in [3.05, 3.63) is 52.9 Å². The number of thiazole rings is 1. The first kappa shape index (κ1) is 20.9. The van der Waals surface area contributed by atoms with E-state index in [0.29, 0.717) is 0 Å². The number of amidine groups is 1. The second kappa shape index (κ2) is 8.03. The summed E-state index contributed by atoms with van der Waals surface area (Å²) in [7, 11) is -3.24. The van der Waals surface area contributed by atoms with Crippen molar-refractivity contribution in [2.45, 2.75) is 9.10 Å². The van der Waals surface area contributed by atoms with E-state index < -0.39 is 9.84 Å². The van der Waals surface area contributed by atoms with Crippen molar-refractivity contribution < 1.29 is 8.42 Å². The lowest BCUT2D eigenvalue weighted by Gasteiger charge is -2.01. The maximum absolute atomic E-state index is 11.7. The first-order valence-electron chi connectivity index (χ1n) is 8.73. The molecule has 0 fully saturated rings. The number of H-pyrrole nitrogens is 1. The molecule has 6 nitrogen and oxygen atoms in total. The number of nitrogens with one attached hydrogen (secondary N) is 2. The van der Waals surface area contributed by atoms with Crippen molar-refractivity contribution in [1.82, 2.24) is 9.97 Å². The SMILES string of the molecule is CSc1sc(C(=N)N)cc1-c1nc(-c2ccc(-c3cc(S(C)(=O)=O)c[nH]3)cc2)cs1. The van der Waals surface area contributed by atoms with E-state index in [1.807, 2.05) is 42.0 Å². The van der Waals surface area contributed by atoms with Crippen LogP contribution in [0.5, 0.6) is 0 Å². The van der Waals surface area contributed by atoms with Crippen LogP contribution < -0.4 is 5.73 Å². The molecule has 3 heterocycles. The van der Waals surface area contributed by atoms with Crippen molar-refractivity contribution in [3.8, 4) is 33.1 Å². The lowest BCUT2D eigenvalue weighted by atomic mass is 10.1. The van der Waals surface area contributed by atoms with E-state index in [2.05, 4.69) is 4.98 Å². The highest BCUT2D eigenvalue weighted by Gasteiger charge is 2.16. The van der Waals surface area contributed by atoms with Crippen molar-refractivity contribution in [1.29, 1.82) is 5.41 Å². The molecule has 154 valence electrons. The number of aromatic amines is 1. The van der Waals surface area contributed by atoms with Gasteiger partial charge in [0.25, 0.3) is 0 Å². The zero-order valence-corrected chi connectivity index (χ0v) is 19.4. The monoisotopic (exact) mass is 474 g/mol. The molecule has 0 unspecified atom stereocenters. The molecule has 1 aromatic carbocycles. The molecule has 4 rings (SSSR count). The molecule has 10 heteroatoms. The van der Waals surface area contributed by atoms with Crippen LogP contribution in [0.25, 0.3) is 33.1 Å². The van der Waals surface area contributed by atoms with Crippen LogP contribution in [0.1, 0.15) is 4.88 Å². The minimum atomic E-state index is -3.24. The predicted octanol–water partition coefficient (Wildman–Crippen LogP) is 4.94. The summed E-state index contributed by atoms with van der Waals surface area (Å²) < 4.78 is 24.4. The van der Waals surface area contributed by atoms with Crippen molar-refractivity contribution in [2.24, 2.45) is 5.73 Å². The summed E-state index contributed by atoms with van der Waals surface area (Å²) in [5, 5.41) is 10.6. The Labute approximate surface area is 186 Å². The largest absolute Gasteiger partial charge is 0.383 e. The molecule has 0 amide bonds. The highest BCUT2D eigenvalue weighted by atomic mass is 32.2. The Morgan fingerprint density at radius 3 is 2.50 bits per heavy atom. The number of nitrogens with zero attached hydrogens (tertiary/aromatic N) is 1. The van der Waals surface area contributed by atoms with E-state index >= 15 is 0 Å². The molecule has 0 bridgehead atoms. The molecule has 3 aromatic heterocycles. The fourth-order valence-electron chi connectivity index (χ4n) is 2.91. The van der Waals surface area contributed by atoms with Crippen molar-refractivity contribution in [2.75, 3.05) is 12.5 Å². The predicted molar refractivity (Wildman–Crippen MR) is 127 cm³/mol. The number of nitrogen functional groups attached to an aromatic ring is 1. The van der Waals surface area contributed by atoms with Crippen LogP contribution in [0, 0.1) is 5.41 Å². The van der Waals surface area contributed by atoms with E-state index in [1.54, 1.807) is 29.2 Å². The molecule has 30 heavy (non-hydrogen) atoms. The number of rotatable bonds is 6. The number of aromatic nitrogens is 2. The zero-order valence-electron chi connectivity index (χ0n) is 16.1. The fourth-order valence-corrected chi connectivity index (χ4v) is 6.23. The number of hydrogen-bond acceptors (Lipinski definition) is 7. The Balaban J connectivity index is 1.62. The number of thiophene rings is 1. The Morgan fingerprint density at radius 1 is 1.20 bits per heavy atom. The molecule has 4 N–H and O–H groups in total. The van der Waals surface area contributed by atoms with Gasteiger partial charge in [0, 0.05) is 34.7 Å². The van der Waals surface area contributed by atoms with E-state index in [1.165, 1.54) is 23.8 Å². The lowest BCUT2D eigenvalue weighted by molar-refractivity contribution is 0.602. The van der Waals surface area contributed by atoms with Gasteiger partial charge in [-0.05, 0) is 24.0 Å². The van der Waals surface area contributed by atoms with Crippen LogP contribution >= 0.6 is 34.4 Å². The summed E-state index contributed by atoms with van der Waals surface area (Å²) >= 11 is 4.68. The number of nitrogens with two attached hydrogens (primary N) is 1. The minimum Gasteiger partial charge on any atom is -0.383 e. The third kappa shape index (κ3) is 4.08. The van der Waals surface area contributed by atoms with Gasteiger partial charge in [-0.1, -0.05) is 24.3 Å². The molecule has 0 saturated carbocycles. The standard InChI is InChI=1S/C20H18N4O2S4/c1-27-20-14(8-17(29-20)18(21)22)19-24-16(10-28-19)12-5-3-11(4-6-12)15-7-13(9-23-15)30(2,25)26/h3-10,23H,1-2H3,(H3,21,22). The maximum Gasteiger partial charge on any atom is 0.177 e. The van der Waals surface area contributed by atoms with E-state index in [4.69, 9.17) is 16.1 Å². The van der Waals surface area contributed by atoms with Gasteiger partial charge in [-0.15, -0.1) is 34.4 Å². The maximum atomic E-state index is 11.7. The average Bonchev–Trinajstić information content (AvgIpc) is 3.45. The van der Waals surface area contributed by atoms with Crippen LogP contribution in [0.2, 0.25) is 0 Å². The summed E-state index contributed by atoms with van der Waals surface area (Å²) in [6, 6.07) is 11.4. The second-order valence-corrected chi connectivity index (χ2v) is 11.6. The topological polar surface area (TPSA) is 113 Å². The summed E-state index contributed by atoms with van der Waals surface area (Å²) in [5.74, 6) is 0.0669. The quantitative estimate of drug-likeness (QED) is 0.208. The number of sulfone groups is 1. The number of benzene rings is 1. The number of thioether (sulfide) groups is 1. The van der Waals surface area contributed by atoms with Gasteiger partial charge in [-0.3, -0.25) is 5.41 Å². The highest BCUT2D eigenvalue weighted by Crippen LogP contribution is 2.40. The molecule has 4 aromatic rings. The van der Waals surface area contributed by atoms with Crippen LogP contribution in [0.15, 0.2) is 57.1 Å². The molecule has 0 aliphatic rings. The van der Waals surface area contributed by atoms with Gasteiger partial charge in [-0.25, -0.2) is 13.4 Å². The molecule has 0 aliphatic carbocycles. The first-order chi connectivity index (χ1) is 14.3. The van der Waals surface area contributed by atoms with E-state index in [-0.39, 0.29) is 10.7 Å². The van der Waals surface area contributed by atoms with Gasteiger partial charge < -0.3 is 10.7 Å². The molecule has 0 radical (unpaired) electrons. The summed E-state index contributed by atoms with van der Waals surface area (Å²) in [6.07, 6.45) is 4.70. The smallest absolute Gasteiger partial charge is 0.177 e. The minimum absolute atomic E-state index is 0.0669. The molecule has 0 spiro atoms. The third-order valence-corrected chi connectivity index (χ3v) is 8.73. The van der Waals surface area contributed by atoms with Crippen molar-refractivity contribution in [3.63, 3.8) is 0 Å². The van der Waals surface area contributed by atoms with Crippen molar-refractivity contribution >= 4 is 50.1 Å². The van der Waals surface area contributed by atoms with E-state index in [0.717, 1.165) is 42.2 Å². The van der Waals surface area contributed by atoms with Gasteiger partial charge in [-0.2, -0.15) is 0 Å². The van der Waals surface area contributed by atoms with Crippen LogP contribution in [0.4, 0.5) is 0 Å². The zero-order chi connectivity index (χ0) is 21.5. The Bertz CT molecular complexity index is 1330. The summed E-state index contributed by atoms with van der Waals surface area (Å²) in [4.78, 5) is 8.82. The van der Waals surface area contributed by atoms with Crippen LogP contribution in [-0.2, 0) is 9.84 Å². The van der Waals surface area contributed by atoms with Gasteiger partial charge in [0.05, 0.1) is 19.7 Å². The average molecular weight is 475 g/mol. The van der Waals surface area contributed by atoms with Crippen LogP contribution in [-0.4, -0.2) is 36.7 Å². The Kier molecular flexibility index (Phi) is 5.58. The molecule has 0 saturated heterocycles. The molecular formula is C20H18N4O2S4. The Morgan fingerprint density at radius 2 is 1.90 bits per heavy atom. The van der Waals surface area contributed by atoms with Gasteiger partial charge in [0.2, 0.25) is 0 Å². The van der Waals surface area contributed by atoms with Gasteiger partial charge in [0.15, 0.2) is 9.84 Å². The Hall–Kier alpha value is -2.40. The summed E-state index contributed by atoms with van der Waals surface area (Å²) in [5.41, 5.74) is 10.1. The molecule has 0 aliphatic heterocycles. The van der Waals surface area contributed by atoms with Crippen LogP contribution in [0.3, 0.4) is 0 Å². The lowest BCUT2D eigenvalue weighted by Crippen LogP contribution is -2.08.